The normalized spacial score (nSPS) is 15.8. The molecule has 0 aromatic rings. The first kappa shape index (κ1) is 10.5. The summed E-state index contributed by atoms with van der Waals surface area (Å²) < 4.78 is 0. The fourth-order valence-electron chi connectivity index (χ4n) is 1.10. The van der Waals surface area contributed by atoms with Gasteiger partial charge >= 0.3 is 0 Å². The predicted octanol–water partition coefficient (Wildman–Crippen LogP) is -0.549. The number of nitrogens with one attached hydrogen (secondary N) is 2. The zero-order valence-electron chi connectivity index (χ0n) is 8.01. The molecule has 0 aliphatic heterocycles. The van der Waals surface area contributed by atoms with E-state index in [0.29, 0.717) is 19.6 Å². The second kappa shape index (κ2) is 5.94. The molecule has 4 N–H and O–H groups in total. The summed E-state index contributed by atoms with van der Waals surface area (Å²) in [4.78, 5) is 11.1. The van der Waals surface area contributed by atoms with Gasteiger partial charge in [0.25, 0.3) is 0 Å². The Bertz CT molecular complexity index is 157. The Balaban J connectivity index is 1.84. The van der Waals surface area contributed by atoms with Crippen LogP contribution >= 0.6 is 0 Å². The maximum atomic E-state index is 11.1. The Morgan fingerprint density at radius 2 is 2.23 bits per heavy atom. The highest BCUT2D eigenvalue weighted by Gasteiger charge is 2.20. The fraction of sp³-hybridized carbons (Fsp3) is 0.889. The molecule has 1 aliphatic carbocycles. The van der Waals surface area contributed by atoms with Crippen molar-refractivity contribution in [2.45, 2.75) is 19.3 Å². The van der Waals surface area contributed by atoms with Gasteiger partial charge in [-0.1, -0.05) is 0 Å². The molecule has 0 heterocycles. The van der Waals surface area contributed by atoms with Crippen molar-refractivity contribution in [2.75, 3.05) is 26.2 Å². The lowest BCUT2D eigenvalue weighted by Gasteiger charge is -2.04. The summed E-state index contributed by atoms with van der Waals surface area (Å²) in [5, 5.41) is 5.93. The molecule has 0 radical (unpaired) electrons. The van der Waals surface area contributed by atoms with Crippen LogP contribution in [-0.2, 0) is 4.79 Å². The van der Waals surface area contributed by atoms with E-state index in [2.05, 4.69) is 10.6 Å². The number of carbonyl (C=O) groups excluding carboxylic acids is 1. The van der Waals surface area contributed by atoms with Crippen molar-refractivity contribution in [1.82, 2.24) is 10.6 Å². The third-order valence-electron chi connectivity index (χ3n) is 2.12. The van der Waals surface area contributed by atoms with Gasteiger partial charge in [0.1, 0.15) is 0 Å². The first-order valence-corrected chi connectivity index (χ1v) is 5.00. The van der Waals surface area contributed by atoms with Crippen LogP contribution in [0.15, 0.2) is 0 Å². The van der Waals surface area contributed by atoms with Gasteiger partial charge in [-0.15, -0.1) is 0 Å². The monoisotopic (exact) mass is 185 g/mol. The Morgan fingerprint density at radius 1 is 1.46 bits per heavy atom. The lowest BCUT2D eigenvalue weighted by Crippen LogP contribution is -2.35. The molecular weight excluding hydrogens is 166 g/mol. The molecule has 0 spiro atoms. The van der Waals surface area contributed by atoms with Crippen molar-refractivity contribution < 1.29 is 4.79 Å². The molecular formula is C9H19N3O. The molecule has 1 saturated carbocycles. The second-order valence-corrected chi connectivity index (χ2v) is 3.57. The minimum absolute atomic E-state index is 0.0779. The van der Waals surface area contributed by atoms with E-state index in [1.807, 2.05) is 0 Å². The summed E-state index contributed by atoms with van der Waals surface area (Å²) >= 11 is 0. The minimum atomic E-state index is 0.0779. The summed E-state index contributed by atoms with van der Waals surface area (Å²) in [7, 11) is 0. The predicted molar refractivity (Wildman–Crippen MR) is 52.3 cm³/mol. The van der Waals surface area contributed by atoms with E-state index in [-0.39, 0.29) is 5.91 Å². The quantitative estimate of drug-likeness (QED) is 0.466. The molecule has 0 atom stereocenters. The minimum Gasteiger partial charge on any atom is -0.355 e. The average molecular weight is 185 g/mol. The Labute approximate surface area is 79.3 Å². The van der Waals surface area contributed by atoms with Gasteiger partial charge in [0.05, 0.1) is 6.54 Å². The van der Waals surface area contributed by atoms with Crippen LogP contribution in [0.1, 0.15) is 19.3 Å². The van der Waals surface area contributed by atoms with Crippen LogP contribution < -0.4 is 16.4 Å². The largest absolute Gasteiger partial charge is 0.355 e. The Kier molecular flexibility index (Phi) is 4.78. The first-order chi connectivity index (χ1) is 6.33. The summed E-state index contributed by atoms with van der Waals surface area (Å²) in [6.07, 6.45) is 3.50. The molecule has 0 saturated heterocycles. The topological polar surface area (TPSA) is 67.1 Å². The lowest BCUT2D eigenvalue weighted by atomic mass is 10.4. The number of carbonyl (C=O) groups is 1. The molecule has 0 bridgehead atoms. The lowest BCUT2D eigenvalue weighted by molar-refractivity contribution is -0.120. The third kappa shape index (κ3) is 5.60. The van der Waals surface area contributed by atoms with Gasteiger partial charge in [-0.3, -0.25) is 4.79 Å². The van der Waals surface area contributed by atoms with Gasteiger partial charge in [-0.05, 0) is 38.3 Å². The van der Waals surface area contributed by atoms with Crippen molar-refractivity contribution >= 4 is 5.91 Å². The molecule has 76 valence electrons. The van der Waals surface area contributed by atoms with Crippen LogP contribution in [0.25, 0.3) is 0 Å². The maximum Gasteiger partial charge on any atom is 0.233 e. The number of hydrogen-bond donors (Lipinski definition) is 3. The third-order valence-corrected chi connectivity index (χ3v) is 2.12. The highest BCUT2D eigenvalue weighted by Crippen LogP contribution is 2.27. The number of amides is 1. The Morgan fingerprint density at radius 3 is 2.85 bits per heavy atom. The zero-order chi connectivity index (χ0) is 9.52. The number of rotatable bonds is 7. The van der Waals surface area contributed by atoms with Crippen LogP contribution in [0.3, 0.4) is 0 Å². The summed E-state index contributed by atoms with van der Waals surface area (Å²) in [5.74, 6) is 0.908. The standard InChI is InChI=1S/C9H19N3O/c10-4-1-5-12-9(13)7-11-6-8-2-3-8/h8,11H,1-7,10H2,(H,12,13). The molecule has 0 aromatic heterocycles. The van der Waals surface area contributed by atoms with Gasteiger partial charge in [0, 0.05) is 6.54 Å². The van der Waals surface area contributed by atoms with Gasteiger partial charge in [0.15, 0.2) is 0 Å². The summed E-state index contributed by atoms with van der Waals surface area (Å²) in [6, 6.07) is 0. The van der Waals surface area contributed by atoms with E-state index in [1.54, 1.807) is 0 Å². The van der Waals surface area contributed by atoms with Gasteiger partial charge < -0.3 is 16.4 Å². The highest BCUT2D eigenvalue weighted by molar-refractivity contribution is 5.77. The van der Waals surface area contributed by atoms with Crippen LogP contribution in [0.4, 0.5) is 0 Å². The zero-order valence-corrected chi connectivity index (χ0v) is 8.01. The van der Waals surface area contributed by atoms with Crippen molar-refractivity contribution in [3.63, 3.8) is 0 Å². The van der Waals surface area contributed by atoms with E-state index in [9.17, 15) is 4.79 Å². The molecule has 1 amide bonds. The van der Waals surface area contributed by atoms with Crippen molar-refractivity contribution in [2.24, 2.45) is 11.7 Å². The average Bonchev–Trinajstić information content (AvgIpc) is 2.89. The second-order valence-electron chi connectivity index (χ2n) is 3.57. The molecule has 13 heavy (non-hydrogen) atoms. The molecule has 0 aromatic carbocycles. The first-order valence-electron chi connectivity index (χ1n) is 5.00. The molecule has 0 unspecified atom stereocenters. The number of nitrogens with two attached hydrogens (primary N) is 1. The highest BCUT2D eigenvalue weighted by atomic mass is 16.1. The van der Waals surface area contributed by atoms with Crippen LogP contribution in [0.5, 0.6) is 0 Å². The van der Waals surface area contributed by atoms with Gasteiger partial charge in [-0.25, -0.2) is 0 Å². The van der Waals surface area contributed by atoms with Crippen molar-refractivity contribution in [3.05, 3.63) is 0 Å². The fourth-order valence-corrected chi connectivity index (χ4v) is 1.10. The molecule has 1 rings (SSSR count). The molecule has 1 fully saturated rings. The summed E-state index contributed by atoms with van der Waals surface area (Å²) in [5.41, 5.74) is 5.30. The van der Waals surface area contributed by atoms with Crippen molar-refractivity contribution in [1.29, 1.82) is 0 Å². The maximum absolute atomic E-state index is 11.1. The van der Waals surface area contributed by atoms with Crippen molar-refractivity contribution in [3.8, 4) is 0 Å². The van der Waals surface area contributed by atoms with Gasteiger partial charge in [0.2, 0.25) is 5.91 Å². The van der Waals surface area contributed by atoms with Crippen LogP contribution in [0, 0.1) is 5.92 Å². The van der Waals surface area contributed by atoms with Crippen LogP contribution in [0.2, 0.25) is 0 Å². The van der Waals surface area contributed by atoms with E-state index >= 15 is 0 Å². The van der Waals surface area contributed by atoms with Gasteiger partial charge in [-0.2, -0.15) is 0 Å². The van der Waals surface area contributed by atoms with E-state index in [1.165, 1.54) is 12.8 Å². The Hall–Kier alpha value is -0.610. The van der Waals surface area contributed by atoms with Crippen LogP contribution in [-0.4, -0.2) is 32.1 Å². The molecule has 4 nitrogen and oxygen atoms in total. The summed E-state index contributed by atoms with van der Waals surface area (Å²) in [6.45, 7) is 2.77. The van der Waals surface area contributed by atoms with E-state index in [0.717, 1.165) is 18.9 Å². The SMILES string of the molecule is NCCCNC(=O)CNCC1CC1. The van der Waals surface area contributed by atoms with E-state index in [4.69, 9.17) is 5.73 Å². The molecule has 1 aliphatic rings. The smallest absolute Gasteiger partial charge is 0.233 e. The molecule has 4 heteroatoms. The van der Waals surface area contributed by atoms with E-state index < -0.39 is 0 Å². The number of hydrogen-bond acceptors (Lipinski definition) is 3.